The van der Waals surface area contributed by atoms with E-state index >= 15 is 0 Å². The van der Waals surface area contributed by atoms with E-state index in [1.54, 1.807) is 38.4 Å². The number of furan rings is 1. The third-order valence-electron chi connectivity index (χ3n) is 3.67. The van der Waals surface area contributed by atoms with Crippen molar-refractivity contribution in [2.75, 3.05) is 19.4 Å². The topological polar surface area (TPSA) is 74.6 Å². The molecule has 0 saturated heterocycles. The lowest BCUT2D eigenvalue weighted by atomic mass is 10.1. The van der Waals surface area contributed by atoms with Crippen LogP contribution in [0.1, 0.15) is 40.4 Å². The number of carbonyl (C=O) groups excluding carboxylic acids is 2. The van der Waals surface area contributed by atoms with Gasteiger partial charge in [0.05, 0.1) is 6.04 Å². The van der Waals surface area contributed by atoms with Crippen molar-refractivity contribution in [3.8, 4) is 0 Å². The zero-order valence-corrected chi connectivity index (χ0v) is 14.6. The normalized spacial score (nSPS) is 11.7. The molecule has 2 aromatic rings. The van der Waals surface area contributed by atoms with Crippen molar-refractivity contribution in [3.63, 3.8) is 0 Å². The summed E-state index contributed by atoms with van der Waals surface area (Å²) in [6.45, 7) is 5.63. The SMILES string of the molecule is Cc1cc([C@H](C)NC(=O)Nc2cccc(C(=O)N(C)C)c2)c(C)o1. The standard InChI is InChI=1S/C18H23N3O3/c1-11-9-16(13(3)24-11)12(2)19-18(23)20-15-8-6-7-14(10-15)17(22)21(4)5/h6-10,12H,1-5H3,(H2,19,20,23)/t12-/m0/s1. The van der Waals surface area contributed by atoms with Crippen molar-refractivity contribution in [2.24, 2.45) is 0 Å². The summed E-state index contributed by atoms with van der Waals surface area (Å²) in [6, 6.07) is 8.23. The van der Waals surface area contributed by atoms with Crippen LogP contribution in [-0.2, 0) is 0 Å². The number of hydrogen-bond donors (Lipinski definition) is 2. The summed E-state index contributed by atoms with van der Waals surface area (Å²) < 4.78 is 5.49. The average molecular weight is 329 g/mol. The number of benzene rings is 1. The molecule has 0 saturated carbocycles. The van der Waals surface area contributed by atoms with Crippen LogP contribution in [0.2, 0.25) is 0 Å². The first-order chi connectivity index (χ1) is 11.3. The van der Waals surface area contributed by atoms with Crippen LogP contribution in [0, 0.1) is 13.8 Å². The van der Waals surface area contributed by atoms with E-state index in [2.05, 4.69) is 10.6 Å². The molecule has 0 fully saturated rings. The molecule has 0 radical (unpaired) electrons. The minimum absolute atomic E-state index is 0.114. The summed E-state index contributed by atoms with van der Waals surface area (Å²) in [6.07, 6.45) is 0. The number of nitrogens with zero attached hydrogens (tertiary/aromatic N) is 1. The smallest absolute Gasteiger partial charge is 0.319 e. The quantitative estimate of drug-likeness (QED) is 0.902. The van der Waals surface area contributed by atoms with E-state index in [1.807, 2.05) is 26.8 Å². The van der Waals surface area contributed by atoms with Crippen molar-refractivity contribution in [3.05, 3.63) is 53.0 Å². The second-order valence-corrected chi connectivity index (χ2v) is 5.97. The second kappa shape index (κ2) is 7.21. The molecule has 1 aromatic carbocycles. The molecule has 24 heavy (non-hydrogen) atoms. The molecule has 6 nitrogen and oxygen atoms in total. The van der Waals surface area contributed by atoms with Gasteiger partial charge in [0.2, 0.25) is 0 Å². The number of urea groups is 1. The average Bonchev–Trinajstić information content (AvgIpc) is 2.85. The molecule has 0 aliphatic heterocycles. The summed E-state index contributed by atoms with van der Waals surface area (Å²) in [7, 11) is 3.37. The van der Waals surface area contributed by atoms with Crippen LogP contribution in [0.3, 0.4) is 0 Å². The Hall–Kier alpha value is -2.76. The summed E-state index contributed by atoms with van der Waals surface area (Å²) in [4.78, 5) is 25.6. The summed E-state index contributed by atoms with van der Waals surface area (Å²) >= 11 is 0. The number of rotatable bonds is 4. The van der Waals surface area contributed by atoms with Crippen molar-refractivity contribution >= 4 is 17.6 Å². The molecule has 0 bridgehead atoms. The molecule has 0 unspecified atom stereocenters. The number of anilines is 1. The van der Waals surface area contributed by atoms with Gasteiger partial charge in [0.25, 0.3) is 5.91 Å². The van der Waals surface area contributed by atoms with Crippen molar-refractivity contribution in [1.29, 1.82) is 0 Å². The van der Waals surface area contributed by atoms with Gasteiger partial charge < -0.3 is 20.0 Å². The van der Waals surface area contributed by atoms with E-state index in [1.165, 1.54) is 4.90 Å². The van der Waals surface area contributed by atoms with Crippen LogP contribution in [-0.4, -0.2) is 30.9 Å². The molecule has 1 aromatic heterocycles. The number of carbonyl (C=O) groups is 2. The minimum atomic E-state index is -0.338. The highest BCUT2D eigenvalue weighted by atomic mass is 16.3. The van der Waals surface area contributed by atoms with Crippen LogP contribution in [0.15, 0.2) is 34.7 Å². The lowest BCUT2D eigenvalue weighted by Gasteiger charge is -2.15. The van der Waals surface area contributed by atoms with E-state index < -0.39 is 0 Å². The highest BCUT2D eigenvalue weighted by molar-refractivity contribution is 5.96. The molecule has 2 N–H and O–H groups in total. The second-order valence-electron chi connectivity index (χ2n) is 5.97. The Labute approximate surface area is 141 Å². The molecular formula is C18H23N3O3. The van der Waals surface area contributed by atoms with Gasteiger partial charge in [-0.3, -0.25) is 4.79 Å². The van der Waals surface area contributed by atoms with Crippen LogP contribution in [0.25, 0.3) is 0 Å². The number of hydrogen-bond acceptors (Lipinski definition) is 3. The van der Waals surface area contributed by atoms with Gasteiger partial charge in [-0.15, -0.1) is 0 Å². The van der Waals surface area contributed by atoms with E-state index in [9.17, 15) is 9.59 Å². The number of nitrogens with one attached hydrogen (secondary N) is 2. The first kappa shape index (κ1) is 17.6. The fourth-order valence-electron chi connectivity index (χ4n) is 2.51. The largest absolute Gasteiger partial charge is 0.466 e. The third-order valence-corrected chi connectivity index (χ3v) is 3.67. The summed E-state index contributed by atoms with van der Waals surface area (Å²) in [5.74, 6) is 1.49. The molecular weight excluding hydrogens is 306 g/mol. The number of aryl methyl sites for hydroxylation is 2. The highest BCUT2D eigenvalue weighted by Gasteiger charge is 2.15. The van der Waals surface area contributed by atoms with E-state index in [4.69, 9.17) is 4.42 Å². The van der Waals surface area contributed by atoms with Gasteiger partial charge in [-0.2, -0.15) is 0 Å². The van der Waals surface area contributed by atoms with Gasteiger partial charge in [-0.25, -0.2) is 4.79 Å². The van der Waals surface area contributed by atoms with Crippen LogP contribution < -0.4 is 10.6 Å². The van der Waals surface area contributed by atoms with Gasteiger partial charge in [0.15, 0.2) is 0 Å². The Morgan fingerprint density at radius 2 is 1.88 bits per heavy atom. The Kier molecular flexibility index (Phi) is 5.28. The van der Waals surface area contributed by atoms with E-state index in [-0.39, 0.29) is 18.0 Å². The van der Waals surface area contributed by atoms with Gasteiger partial charge in [-0.05, 0) is 45.0 Å². The third kappa shape index (κ3) is 4.16. The lowest BCUT2D eigenvalue weighted by Crippen LogP contribution is -2.31. The van der Waals surface area contributed by atoms with Crippen molar-refractivity contribution < 1.29 is 14.0 Å². The maximum absolute atomic E-state index is 12.2. The zero-order valence-electron chi connectivity index (χ0n) is 14.6. The molecule has 0 spiro atoms. The zero-order chi connectivity index (χ0) is 17.9. The Morgan fingerprint density at radius 3 is 2.46 bits per heavy atom. The first-order valence-corrected chi connectivity index (χ1v) is 7.74. The molecule has 3 amide bonds. The molecule has 1 atom stereocenters. The van der Waals surface area contributed by atoms with Crippen molar-refractivity contribution in [2.45, 2.75) is 26.8 Å². The molecule has 0 aliphatic carbocycles. The van der Waals surface area contributed by atoms with Gasteiger partial charge in [0.1, 0.15) is 11.5 Å². The molecule has 6 heteroatoms. The van der Waals surface area contributed by atoms with Crippen LogP contribution in [0.5, 0.6) is 0 Å². The van der Waals surface area contributed by atoms with E-state index in [0.29, 0.717) is 11.3 Å². The van der Waals surface area contributed by atoms with Crippen LogP contribution in [0.4, 0.5) is 10.5 Å². The van der Waals surface area contributed by atoms with Gasteiger partial charge in [0, 0.05) is 30.9 Å². The van der Waals surface area contributed by atoms with E-state index in [0.717, 1.165) is 17.1 Å². The summed E-state index contributed by atoms with van der Waals surface area (Å²) in [5.41, 5.74) is 2.03. The lowest BCUT2D eigenvalue weighted by molar-refractivity contribution is 0.0827. The predicted molar refractivity (Wildman–Crippen MR) is 93.2 cm³/mol. The Bertz CT molecular complexity index is 750. The number of amides is 3. The first-order valence-electron chi connectivity index (χ1n) is 7.74. The van der Waals surface area contributed by atoms with Gasteiger partial charge in [-0.1, -0.05) is 6.07 Å². The molecule has 1 heterocycles. The van der Waals surface area contributed by atoms with Gasteiger partial charge >= 0.3 is 6.03 Å². The minimum Gasteiger partial charge on any atom is -0.466 e. The maximum Gasteiger partial charge on any atom is 0.319 e. The molecule has 0 aliphatic rings. The van der Waals surface area contributed by atoms with Crippen molar-refractivity contribution in [1.82, 2.24) is 10.2 Å². The monoisotopic (exact) mass is 329 g/mol. The molecule has 128 valence electrons. The maximum atomic E-state index is 12.2. The summed E-state index contributed by atoms with van der Waals surface area (Å²) in [5, 5.41) is 5.62. The molecule has 2 rings (SSSR count). The Morgan fingerprint density at radius 1 is 1.17 bits per heavy atom. The fourth-order valence-corrected chi connectivity index (χ4v) is 2.51. The fraction of sp³-hybridized carbons (Fsp3) is 0.333. The Balaban J connectivity index is 2.03. The van der Waals surface area contributed by atoms with Crippen LogP contribution >= 0.6 is 0 Å². The highest BCUT2D eigenvalue weighted by Crippen LogP contribution is 2.21. The predicted octanol–water partition coefficient (Wildman–Crippen LogP) is 3.48.